The number of pyridine rings is 1. The van der Waals surface area contributed by atoms with Gasteiger partial charge in [-0.25, -0.2) is 9.78 Å². The number of carbonyl (C=O) groups excluding carboxylic acids is 3. The van der Waals surface area contributed by atoms with Crippen molar-refractivity contribution in [1.82, 2.24) is 9.88 Å². The molecule has 0 unspecified atom stereocenters. The van der Waals surface area contributed by atoms with Crippen molar-refractivity contribution in [1.29, 1.82) is 0 Å². The average molecular weight is 308 g/mol. The van der Waals surface area contributed by atoms with Crippen molar-refractivity contribution in [3.63, 3.8) is 0 Å². The molecular weight excluding hydrogens is 294 g/mol. The van der Waals surface area contributed by atoms with Gasteiger partial charge in [0.2, 0.25) is 6.29 Å². The third kappa shape index (κ3) is 4.89. The van der Waals surface area contributed by atoms with E-state index in [1.165, 1.54) is 12.3 Å². The fraction of sp³-hybridized carbons (Fsp3) is 0.0588. The molecule has 2 rings (SSSR count). The third-order valence-corrected chi connectivity index (χ3v) is 2.85. The van der Waals surface area contributed by atoms with Crippen LogP contribution in [0.4, 0.5) is 10.6 Å². The molecule has 0 spiro atoms. The first-order chi connectivity index (χ1) is 11.2. The number of hydrogen-bond donors (Lipinski definition) is 1. The molecule has 6 heteroatoms. The summed E-state index contributed by atoms with van der Waals surface area (Å²) in [5, 5.41) is 2.45. The Labute approximate surface area is 133 Å². The maximum Gasteiger partial charge on any atom is 0.330 e. The summed E-state index contributed by atoms with van der Waals surface area (Å²) in [7, 11) is 0. The standard InChI is InChI=1S/C17H14N3O3/c21-13-12-20(17(23)19-15-8-4-5-11-18-15)16(22)10-9-14-6-2-1-3-7-14/h1-11H,12H2,(H,18,19,23)/b10-9+. The van der Waals surface area contributed by atoms with Crippen LogP contribution in [0, 0.1) is 0 Å². The minimum atomic E-state index is -0.741. The summed E-state index contributed by atoms with van der Waals surface area (Å²) in [5.41, 5.74) is 0.806. The second kappa shape index (κ2) is 8.23. The number of amides is 3. The monoisotopic (exact) mass is 308 g/mol. The van der Waals surface area contributed by atoms with Crippen LogP contribution in [0.15, 0.2) is 60.8 Å². The molecule has 1 aromatic carbocycles. The lowest BCUT2D eigenvalue weighted by atomic mass is 10.2. The highest BCUT2D eigenvalue weighted by atomic mass is 16.2. The van der Waals surface area contributed by atoms with Gasteiger partial charge in [-0.3, -0.25) is 19.8 Å². The van der Waals surface area contributed by atoms with E-state index in [0.29, 0.717) is 0 Å². The molecule has 0 aliphatic heterocycles. The van der Waals surface area contributed by atoms with E-state index in [0.717, 1.165) is 10.5 Å². The number of nitrogens with zero attached hydrogens (tertiary/aromatic N) is 2. The van der Waals surface area contributed by atoms with E-state index in [1.807, 2.05) is 30.3 Å². The van der Waals surface area contributed by atoms with Gasteiger partial charge in [0.15, 0.2) is 0 Å². The lowest BCUT2D eigenvalue weighted by Gasteiger charge is -2.16. The number of urea groups is 1. The molecule has 0 atom stereocenters. The van der Waals surface area contributed by atoms with E-state index in [9.17, 15) is 14.4 Å². The lowest BCUT2D eigenvalue weighted by molar-refractivity contribution is -0.122. The Hall–Kier alpha value is -3.28. The minimum absolute atomic E-state index is 0.285. The molecule has 1 aromatic heterocycles. The first-order valence-electron chi connectivity index (χ1n) is 6.82. The number of anilines is 1. The van der Waals surface area contributed by atoms with Gasteiger partial charge in [-0.15, -0.1) is 0 Å². The summed E-state index contributed by atoms with van der Waals surface area (Å²) in [5.74, 6) is -0.334. The largest absolute Gasteiger partial charge is 0.330 e. The minimum Gasteiger partial charge on any atom is -0.292 e. The summed E-state index contributed by atoms with van der Waals surface area (Å²) in [6, 6.07) is 13.4. The van der Waals surface area contributed by atoms with Crippen molar-refractivity contribution < 1.29 is 14.4 Å². The van der Waals surface area contributed by atoms with Crippen LogP contribution in [0.2, 0.25) is 0 Å². The fourth-order valence-corrected chi connectivity index (χ4v) is 1.75. The number of carbonyl (C=O) groups is 2. The normalized spacial score (nSPS) is 10.3. The SMILES string of the molecule is O=[C]CN(C(=O)/C=C/c1ccccc1)C(=O)Nc1ccccn1. The topological polar surface area (TPSA) is 79.4 Å². The van der Waals surface area contributed by atoms with Gasteiger partial charge in [0, 0.05) is 12.3 Å². The fourth-order valence-electron chi connectivity index (χ4n) is 1.75. The van der Waals surface area contributed by atoms with Gasteiger partial charge in [-0.05, 0) is 23.8 Å². The Kier molecular flexibility index (Phi) is 5.76. The van der Waals surface area contributed by atoms with Crippen LogP contribution in [-0.2, 0) is 9.59 Å². The highest BCUT2D eigenvalue weighted by Crippen LogP contribution is 2.05. The van der Waals surface area contributed by atoms with Crippen LogP contribution in [-0.4, -0.2) is 34.7 Å². The van der Waals surface area contributed by atoms with Crippen LogP contribution in [0.1, 0.15) is 5.56 Å². The molecule has 0 bridgehead atoms. The second-order valence-electron chi connectivity index (χ2n) is 4.46. The van der Waals surface area contributed by atoms with Crippen molar-refractivity contribution >= 4 is 30.1 Å². The van der Waals surface area contributed by atoms with Gasteiger partial charge < -0.3 is 0 Å². The van der Waals surface area contributed by atoms with E-state index >= 15 is 0 Å². The summed E-state index contributed by atoms with van der Waals surface area (Å²) in [6.45, 7) is -0.462. The van der Waals surface area contributed by atoms with Gasteiger partial charge in [0.05, 0.1) is 6.54 Å². The van der Waals surface area contributed by atoms with Crippen LogP contribution in [0.3, 0.4) is 0 Å². The van der Waals surface area contributed by atoms with Crippen molar-refractivity contribution in [2.75, 3.05) is 11.9 Å². The van der Waals surface area contributed by atoms with Gasteiger partial charge in [-0.1, -0.05) is 36.4 Å². The van der Waals surface area contributed by atoms with Crippen molar-refractivity contribution in [2.24, 2.45) is 0 Å². The lowest BCUT2D eigenvalue weighted by Crippen LogP contribution is -2.40. The summed E-state index contributed by atoms with van der Waals surface area (Å²) in [4.78, 5) is 39.5. The van der Waals surface area contributed by atoms with E-state index in [-0.39, 0.29) is 5.82 Å². The molecule has 115 valence electrons. The Balaban J connectivity index is 2.07. The van der Waals surface area contributed by atoms with E-state index in [4.69, 9.17) is 0 Å². The highest BCUT2D eigenvalue weighted by molar-refractivity contribution is 6.07. The quantitative estimate of drug-likeness (QED) is 0.859. The molecule has 0 aliphatic carbocycles. The molecule has 3 amide bonds. The number of nitrogens with one attached hydrogen (secondary N) is 1. The van der Waals surface area contributed by atoms with Gasteiger partial charge in [-0.2, -0.15) is 0 Å². The molecule has 0 saturated heterocycles. The number of imide groups is 1. The zero-order valence-corrected chi connectivity index (χ0v) is 12.2. The summed E-state index contributed by atoms with van der Waals surface area (Å²) < 4.78 is 0. The second-order valence-corrected chi connectivity index (χ2v) is 4.46. The summed E-state index contributed by atoms with van der Waals surface area (Å²) >= 11 is 0. The Bertz CT molecular complexity index is 700. The van der Waals surface area contributed by atoms with Crippen LogP contribution >= 0.6 is 0 Å². The number of benzene rings is 1. The molecule has 6 nitrogen and oxygen atoms in total. The summed E-state index contributed by atoms with van der Waals surface area (Å²) in [6.07, 6.45) is 5.85. The Morgan fingerprint density at radius 1 is 1.13 bits per heavy atom. The Morgan fingerprint density at radius 2 is 1.87 bits per heavy atom. The van der Waals surface area contributed by atoms with Crippen molar-refractivity contribution in [2.45, 2.75) is 0 Å². The smallest absolute Gasteiger partial charge is 0.292 e. The first-order valence-corrected chi connectivity index (χ1v) is 6.82. The Morgan fingerprint density at radius 3 is 2.52 bits per heavy atom. The van der Waals surface area contributed by atoms with Crippen molar-refractivity contribution in [3.8, 4) is 0 Å². The first kappa shape index (κ1) is 16.1. The van der Waals surface area contributed by atoms with Crippen LogP contribution in [0.25, 0.3) is 6.08 Å². The maximum absolute atomic E-state index is 12.1. The number of rotatable bonds is 5. The molecule has 0 aliphatic rings. The number of hydrogen-bond acceptors (Lipinski definition) is 4. The van der Waals surface area contributed by atoms with E-state index in [2.05, 4.69) is 10.3 Å². The van der Waals surface area contributed by atoms with Gasteiger partial charge >= 0.3 is 6.03 Å². The molecular formula is C17H14N3O3. The predicted octanol–water partition coefficient (Wildman–Crippen LogP) is 2.27. The zero-order chi connectivity index (χ0) is 16.5. The molecule has 1 radical (unpaired) electrons. The number of aromatic nitrogens is 1. The zero-order valence-electron chi connectivity index (χ0n) is 12.2. The molecule has 0 fully saturated rings. The van der Waals surface area contributed by atoms with Crippen molar-refractivity contribution in [3.05, 3.63) is 66.4 Å². The van der Waals surface area contributed by atoms with Crippen LogP contribution in [0.5, 0.6) is 0 Å². The average Bonchev–Trinajstić information content (AvgIpc) is 2.59. The molecule has 23 heavy (non-hydrogen) atoms. The highest BCUT2D eigenvalue weighted by Gasteiger charge is 2.19. The molecule has 0 saturated carbocycles. The van der Waals surface area contributed by atoms with E-state index in [1.54, 1.807) is 30.6 Å². The van der Waals surface area contributed by atoms with Crippen LogP contribution < -0.4 is 5.32 Å². The predicted molar refractivity (Wildman–Crippen MR) is 86.1 cm³/mol. The maximum atomic E-state index is 12.1. The van der Waals surface area contributed by atoms with E-state index < -0.39 is 18.5 Å². The van der Waals surface area contributed by atoms with Gasteiger partial charge in [0.25, 0.3) is 5.91 Å². The third-order valence-electron chi connectivity index (χ3n) is 2.85. The molecule has 1 N–H and O–H groups in total. The van der Waals surface area contributed by atoms with Gasteiger partial charge in [0.1, 0.15) is 5.82 Å². The molecule has 1 heterocycles. The molecule has 2 aromatic rings.